The number of rotatable bonds is 5. The van der Waals surface area contributed by atoms with Crippen molar-refractivity contribution in [2.75, 3.05) is 31.2 Å². The normalized spacial score (nSPS) is 26.6. The Morgan fingerprint density at radius 1 is 1.47 bits per heavy atom. The summed E-state index contributed by atoms with van der Waals surface area (Å²) in [4.78, 5) is 12.3. The van der Waals surface area contributed by atoms with E-state index in [0.29, 0.717) is 0 Å². The summed E-state index contributed by atoms with van der Waals surface area (Å²) in [5, 5.41) is 26.7. The zero-order valence-electron chi connectivity index (χ0n) is 9.32. The molecule has 2 atom stereocenters. The quantitative estimate of drug-likeness (QED) is 0.523. The second-order valence-corrected chi connectivity index (χ2v) is 6.43. The molecule has 100 valence electrons. The maximum Gasteiger partial charge on any atom is 0.304 e. The molecule has 0 saturated carbocycles. The molecular formula is C9H17NO6S. The van der Waals surface area contributed by atoms with E-state index in [4.69, 9.17) is 10.2 Å². The zero-order valence-corrected chi connectivity index (χ0v) is 10.1. The summed E-state index contributed by atoms with van der Waals surface area (Å²) < 4.78 is 22.8. The van der Waals surface area contributed by atoms with E-state index in [9.17, 15) is 18.3 Å². The number of aliphatic hydroxyl groups excluding tert-OH is 2. The summed E-state index contributed by atoms with van der Waals surface area (Å²) in [5.74, 6) is -1.32. The van der Waals surface area contributed by atoms with Gasteiger partial charge in [0.2, 0.25) is 0 Å². The molecule has 1 aliphatic heterocycles. The van der Waals surface area contributed by atoms with Gasteiger partial charge in [-0.3, -0.25) is 9.69 Å². The van der Waals surface area contributed by atoms with Crippen LogP contribution in [0.1, 0.15) is 6.42 Å². The van der Waals surface area contributed by atoms with Crippen molar-refractivity contribution in [1.29, 1.82) is 0 Å². The van der Waals surface area contributed by atoms with Gasteiger partial charge in [-0.05, 0) is 0 Å². The summed E-state index contributed by atoms with van der Waals surface area (Å²) in [6.45, 7) is -0.148. The van der Waals surface area contributed by atoms with Gasteiger partial charge in [-0.25, -0.2) is 8.42 Å². The number of β-amino-alcohol motifs (C(OH)–C–C–N with tert-alkyl or cyclic N) is 1. The van der Waals surface area contributed by atoms with E-state index in [2.05, 4.69) is 0 Å². The number of carboxylic acid groups (broad SMARTS) is 1. The summed E-state index contributed by atoms with van der Waals surface area (Å²) in [7, 11) is -3.20. The van der Waals surface area contributed by atoms with Crippen LogP contribution in [0.5, 0.6) is 0 Å². The molecule has 1 aliphatic rings. The molecule has 8 heteroatoms. The average molecular weight is 267 g/mol. The number of aliphatic hydroxyl groups is 2. The number of hydrogen-bond acceptors (Lipinski definition) is 6. The molecular weight excluding hydrogens is 250 g/mol. The highest BCUT2D eigenvalue weighted by Gasteiger charge is 2.33. The predicted octanol–water partition coefficient (Wildman–Crippen LogP) is -2.09. The molecule has 0 bridgehead atoms. The maximum atomic E-state index is 11.4. The number of sulfone groups is 1. The van der Waals surface area contributed by atoms with E-state index in [0.717, 1.165) is 0 Å². The van der Waals surface area contributed by atoms with E-state index < -0.39 is 34.6 Å². The van der Waals surface area contributed by atoms with Crippen LogP contribution in [0.2, 0.25) is 0 Å². The third-order valence-corrected chi connectivity index (χ3v) is 4.42. The van der Waals surface area contributed by atoms with Crippen molar-refractivity contribution >= 4 is 15.8 Å². The molecule has 0 radical (unpaired) electrons. The van der Waals surface area contributed by atoms with Crippen LogP contribution in [-0.4, -0.2) is 78.0 Å². The number of carboxylic acids is 1. The molecule has 3 N–H and O–H groups in total. The van der Waals surface area contributed by atoms with Crippen LogP contribution in [0.4, 0.5) is 0 Å². The van der Waals surface area contributed by atoms with Crippen LogP contribution >= 0.6 is 0 Å². The lowest BCUT2D eigenvalue weighted by molar-refractivity contribution is -0.138. The first-order valence-electron chi connectivity index (χ1n) is 5.29. The Balaban J connectivity index is 2.70. The second kappa shape index (κ2) is 5.76. The van der Waals surface area contributed by atoms with Gasteiger partial charge in [0.25, 0.3) is 0 Å². The molecule has 0 aromatic rings. The molecule has 0 aromatic carbocycles. The molecule has 1 rings (SSSR count). The van der Waals surface area contributed by atoms with Crippen molar-refractivity contribution in [2.45, 2.75) is 18.6 Å². The van der Waals surface area contributed by atoms with Gasteiger partial charge in [-0.2, -0.15) is 0 Å². The van der Waals surface area contributed by atoms with E-state index >= 15 is 0 Å². The second-order valence-electron chi connectivity index (χ2n) is 4.20. The molecule has 1 heterocycles. The molecule has 1 saturated heterocycles. The largest absolute Gasteiger partial charge is 0.481 e. The van der Waals surface area contributed by atoms with Gasteiger partial charge < -0.3 is 15.3 Å². The first-order chi connectivity index (χ1) is 7.84. The van der Waals surface area contributed by atoms with Gasteiger partial charge in [0, 0.05) is 19.1 Å². The fourth-order valence-electron chi connectivity index (χ4n) is 1.88. The van der Waals surface area contributed by atoms with Crippen molar-refractivity contribution in [1.82, 2.24) is 4.90 Å². The number of hydrogen-bond donors (Lipinski definition) is 3. The fraction of sp³-hybridized carbons (Fsp3) is 0.889. The Bertz CT molecular complexity index is 368. The smallest absolute Gasteiger partial charge is 0.304 e. The van der Waals surface area contributed by atoms with Crippen LogP contribution in [0.3, 0.4) is 0 Å². The first-order valence-corrected chi connectivity index (χ1v) is 7.11. The van der Waals surface area contributed by atoms with Gasteiger partial charge in [-0.1, -0.05) is 0 Å². The van der Waals surface area contributed by atoms with E-state index in [1.54, 1.807) is 4.90 Å². The molecule has 17 heavy (non-hydrogen) atoms. The number of aliphatic carboxylic acids is 1. The Morgan fingerprint density at radius 2 is 2.12 bits per heavy atom. The van der Waals surface area contributed by atoms with Crippen LogP contribution in [0.15, 0.2) is 0 Å². The van der Waals surface area contributed by atoms with E-state index in [1.807, 2.05) is 0 Å². The van der Waals surface area contributed by atoms with Crippen LogP contribution < -0.4 is 0 Å². The molecule has 2 unspecified atom stereocenters. The standard InChI is InChI=1S/C9H17NO6S/c11-5-8(12)4-10-1-2-17(15,16)6-7(10)3-9(13)14/h7-8,11-12H,1-6H2,(H,13,14). The summed E-state index contributed by atoms with van der Waals surface area (Å²) in [6, 6.07) is -0.632. The molecule has 0 spiro atoms. The van der Waals surface area contributed by atoms with Crippen LogP contribution in [0, 0.1) is 0 Å². The molecule has 0 aromatic heterocycles. The maximum absolute atomic E-state index is 11.4. The predicted molar refractivity (Wildman–Crippen MR) is 59.4 cm³/mol. The third-order valence-electron chi connectivity index (χ3n) is 2.72. The topological polar surface area (TPSA) is 115 Å². The molecule has 0 aliphatic carbocycles. The number of carbonyl (C=O) groups is 1. The lowest BCUT2D eigenvalue weighted by Crippen LogP contribution is -2.52. The van der Waals surface area contributed by atoms with Gasteiger partial charge in [0.15, 0.2) is 9.84 Å². The monoisotopic (exact) mass is 267 g/mol. The molecule has 7 nitrogen and oxygen atoms in total. The Kier molecular flexibility index (Phi) is 4.87. The summed E-state index contributed by atoms with van der Waals surface area (Å²) in [6.07, 6.45) is -1.26. The Hall–Kier alpha value is -0.700. The summed E-state index contributed by atoms with van der Waals surface area (Å²) >= 11 is 0. The third kappa shape index (κ3) is 4.58. The van der Waals surface area contributed by atoms with Crippen molar-refractivity contribution in [3.8, 4) is 0 Å². The van der Waals surface area contributed by atoms with Gasteiger partial charge in [-0.15, -0.1) is 0 Å². The van der Waals surface area contributed by atoms with Crippen molar-refractivity contribution in [2.24, 2.45) is 0 Å². The first kappa shape index (κ1) is 14.4. The minimum Gasteiger partial charge on any atom is -0.481 e. The lowest BCUT2D eigenvalue weighted by atomic mass is 10.2. The minimum absolute atomic E-state index is 0.0404. The fourth-order valence-corrected chi connectivity index (χ4v) is 3.47. The Labute approximate surface area is 99.6 Å². The SMILES string of the molecule is O=C(O)CC1CS(=O)(=O)CCN1CC(O)CO. The zero-order chi connectivity index (χ0) is 13.1. The van der Waals surface area contributed by atoms with Gasteiger partial charge >= 0.3 is 5.97 Å². The van der Waals surface area contributed by atoms with Crippen molar-refractivity contribution < 1.29 is 28.5 Å². The van der Waals surface area contributed by atoms with Crippen molar-refractivity contribution in [3.63, 3.8) is 0 Å². The van der Waals surface area contributed by atoms with Crippen LogP contribution in [0.25, 0.3) is 0 Å². The van der Waals surface area contributed by atoms with Crippen molar-refractivity contribution in [3.05, 3.63) is 0 Å². The van der Waals surface area contributed by atoms with E-state index in [-0.39, 0.29) is 31.0 Å². The Morgan fingerprint density at radius 3 is 2.65 bits per heavy atom. The molecule has 0 amide bonds. The minimum atomic E-state index is -3.20. The summed E-state index contributed by atoms with van der Waals surface area (Å²) in [5.41, 5.74) is 0. The highest BCUT2D eigenvalue weighted by atomic mass is 32.2. The van der Waals surface area contributed by atoms with E-state index in [1.165, 1.54) is 0 Å². The molecule has 1 fully saturated rings. The highest BCUT2D eigenvalue weighted by molar-refractivity contribution is 7.91. The highest BCUT2D eigenvalue weighted by Crippen LogP contribution is 2.15. The lowest BCUT2D eigenvalue weighted by Gasteiger charge is -2.35. The van der Waals surface area contributed by atoms with Gasteiger partial charge in [0.05, 0.1) is 30.6 Å². The average Bonchev–Trinajstić information content (AvgIpc) is 2.20. The van der Waals surface area contributed by atoms with Gasteiger partial charge in [0.1, 0.15) is 0 Å². The number of nitrogens with zero attached hydrogens (tertiary/aromatic N) is 1. The van der Waals surface area contributed by atoms with Crippen LogP contribution in [-0.2, 0) is 14.6 Å².